The molecule has 1 aliphatic rings. The number of nitrogens with two attached hydrogens (primary N) is 1. The molecule has 0 radical (unpaired) electrons. The lowest BCUT2D eigenvalue weighted by Gasteiger charge is -2.39. The van der Waals surface area contributed by atoms with Crippen molar-refractivity contribution in [1.82, 2.24) is 4.90 Å². The van der Waals surface area contributed by atoms with Crippen LogP contribution in [-0.4, -0.2) is 31.1 Å². The topological polar surface area (TPSA) is 29.3 Å². The van der Waals surface area contributed by atoms with E-state index in [0.717, 1.165) is 13.1 Å². The molecule has 0 bridgehead atoms. The molecule has 1 unspecified atom stereocenters. The van der Waals surface area contributed by atoms with Crippen LogP contribution in [0, 0.1) is 0 Å². The molecule has 1 heterocycles. The van der Waals surface area contributed by atoms with Crippen LogP contribution in [-0.2, 0) is 0 Å². The van der Waals surface area contributed by atoms with Crippen LogP contribution in [0.2, 0.25) is 0 Å². The Morgan fingerprint density at radius 3 is 2.75 bits per heavy atom. The van der Waals surface area contributed by atoms with Gasteiger partial charge in [0, 0.05) is 19.1 Å². The standard InChI is InChI=1S/C6H12N2/c1-5-4-8(2)6(5)3-7/h6H,1,3-4,7H2,2H3. The minimum atomic E-state index is 0.468. The molecule has 1 rings (SSSR count). The van der Waals surface area contributed by atoms with Gasteiger partial charge in [-0.2, -0.15) is 0 Å². The molecule has 46 valence electrons. The first-order valence-corrected chi connectivity index (χ1v) is 2.83. The van der Waals surface area contributed by atoms with Crippen LogP contribution in [0.15, 0.2) is 12.2 Å². The van der Waals surface area contributed by atoms with Crippen LogP contribution in [0.5, 0.6) is 0 Å². The van der Waals surface area contributed by atoms with Gasteiger partial charge in [-0.05, 0) is 12.6 Å². The fourth-order valence-electron chi connectivity index (χ4n) is 1.08. The molecule has 1 fully saturated rings. The van der Waals surface area contributed by atoms with Crippen molar-refractivity contribution in [2.24, 2.45) is 5.73 Å². The molecule has 0 aromatic heterocycles. The predicted molar refractivity (Wildman–Crippen MR) is 34.6 cm³/mol. The van der Waals surface area contributed by atoms with Gasteiger partial charge in [-0.15, -0.1) is 0 Å². The van der Waals surface area contributed by atoms with E-state index in [4.69, 9.17) is 5.73 Å². The first-order chi connectivity index (χ1) is 3.75. The van der Waals surface area contributed by atoms with Gasteiger partial charge in [0.2, 0.25) is 0 Å². The Morgan fingerprint density at radius 2 is 2.62 bits per heavy atom. The fourth-order valence-corrected chi connectivity index (χ4v) is 1.08. The largest absolute Gasteiger partial charge is 0.329 e. The van der Waals surface area contributed by atoms with E-state index >= 15 is 0 Å². The second-order valence-electron chi connectivity index (χ2n) is 2.32. The highest BCUT2D eigenvalue weighted by Crippen LogP contribution is 2.17. The van der Waals surface area contributed by atoms with Crippen molar-refractivity contribution in [1.29, 1.82) is 0 Å². The summed E-state index contributed by atoms with van der Waals surface area (Å²) in [6.45, 7) is 5.59. The van der Waals surface area contributed by atoms with Gasteiger partial charge in [-0.25, -0.2) is 0 Å². The molecule has 2 heteroatoms. The number of rotatable bonds is 1. The van der Waals surface area contributed by atoms with Gasteiger partial charge in [-0.1, -0.05) is 6.58 Å². The summed E-state index contributed by atoms with van der Waals surface area (Å²) >= 11 is 0. The van der Waals surface area contributed by atoms with Crippen LogP contribution in [0.3, 0.4) is 0 Å². The Morgan fingerprint density at radius 1 is 2.00 bits per heavy atom. The molecule has 2 nitrogen and oxygen atoms in total. The maximum Gasteiger partial charge on any atom is 0.0440 e. The lowest BCUT2D eigenvalue weighted by atomic mass is 9.99. The lowest BCUT2D eigenvalue weighted by Crippen LogP contribution is -2.51. The molecule has 0 aliphatic carbocycles. The molecule has 0 amide bonds. The van der Waals surface area contributed by atoms with Crippen molar-refractivity contribution in [3.8, 4) is 0 Å². The van der Waals surface area contributed by atoms with E-state index in [2.05, 4.69) is 18.5 Å². The van der Waals surface area contributed by atoms with Gasteiger partial charge < -0.3 is 5.73 Å². The van der Waals surface area contributed by atoms with Crippen LogP contribution in [0.25, 0.3) is 0 Å². The van der Waals surface area contributed by atoms with Gasteiger partial charge in [-0.3, -0.25) is 4.90 Å². The number of hydrogen-bond acceptors (Lipinski definition) is 2. The van der Waals surface area contributed by atoms with E-state index < -0.39 is 0 Å². The first-order valence-electron chi connectivity index (χ1n) is 2.83. The smallest absolute Gasteiger partial charge is 0.0440 e. The second kappa shape index (κ2) is 1.88. The molecular weight excluding hydrogens is 100 g/mol. The molecule has 8 heavy (non-hydrogen) atoms. The average molecular weight is 112 g/mol. The van der Waals surface area contributed by atoms with Crippen molar-refractivity contribution in [3.05, 3.63) is 12.2 Å². The molecule has 0 aromatic carbocycles. The van der Waals surface area contributed by atoms with Crippen LogP contribution in [0.1, 0.15) is 0 Å². The average Bonchev–Trinajstić information content (AvgIpc) is 1.67. The zero-order valence-electron chi connectivity index (χ0n) is 5.22. The Bertz CT molecular complexity index is 109. The van der Waals surface area contributed by atoms with Crippen molar-refractivity contribution in [3.63, 3.8) is 0 Å². The summed E-state index contributed by atoms with van der Waals surface area (Å²) in [5.74, 6) is 0. The normalized spacial score (nSPS) is 30.2. The minimum Gasteiger partial charge on any atom is -0.329 e. The van der Waals surface area contributed by atoms with Crippen LogP contribution in [0.4, 0.5) is 0 Å². The first kappa shape index (κ1) is 5.79. The van der Waals surface area contributed by atoms with E-state index in [9.17, 15) is 0 Å². The summed E-state index contributed by atoms with van der Waals surface area (Å²) < 4.78 is 0. The summed E-state index contributed by atoms with van der Waals surface area (Å²) in [7, 11) is 2.06. The highest BCUT2D eigenvalue weighted by Gasteiger charge is 2.26. The number of likely N-dealkylation sites (tertiary alicyclic amines) is 1. The molecular formula is C6H12N2. The van der Waals surface area contributed by atoms with E-state index in [1.165, 1.54) is 5.57 Å². The van der Waals surface area contributed by atoms with Crippen LogP contribution < -0.4 is 5.73 Å². The number of hydrogen-bond donors (Lipinski definition) is 1. The third-order valence-corrected chi connectivity index (χ3v) is 1.68. The van der Waals surface area contributed by atoms with E-state index in [0.29, 0.717) is 6.04 Å². The molecule has 0 saturated carbocycles. The second-order valence-corrected chi connectivity index (χ2v) is 2.32. The van der Waals surface area contributed by atoms with Crippen LogP contribution >= 0.6 is 0 Å². The molecule has 0 aromatic rings. The van der Waals surface area contributed by atoms with Crippen molar-refractivity contribution >= 4 is 0 Å². The van der Waals surface area contributed by atoms with Gasteiger partial charge in [0.15, 0.2) is 0 Å². The molecule has 0 spiro atoms. The quantitative estimate of drug-likeness (QED) is 0.477. The maximum absolute atomic E-state index is 5.41. The molecule has 2 N–H and O–H groups in total. The Labute approximate surface area is 50.0 Å². The number of likely N-dealkylation sites (N-methyl/N-ethyl adjacent to an activating group) is 1. The van der Waals surface area contributed by atoms with Gasteiger partial charge in [0.25, 0.3) is 0 Å². The van der Waals surface area contributed by atoms with Gasteiger partial charge >= 0.3 is 0 Å². The third kappa shape index (κ3) is 0.659. The lowest BCUT2D eigenvalue weighted by molar-refractivity contribution is 0.214. The van der Waals surface area contributed by atoms with Crippen molar-refractivity contribution in [2.75, 3.05) is 20.1 Å². The third-order valence-electron chi connectivity index (χ3n) is 1.68. The molecule has 1 aliphatic heterocycles. The highest BCUT2D eigenvalue weighted by atomic mass is 15.2. The Kier molecular flexibility index (Phi) is 1.36. The summed E-state index contributed by atoms with van der Waals surface area (Å²) in [5, 5.41) is 0. The zero-order chi connectivity index (χ0) is 6.15. The Balaban J connectivity index is 2.40. The van der Waals surface area contributed by atoms with Crippen molar-refractivity contribution < 1.29 is 0 Å². The predicted octanol–water partition coefficient (Wildman–Crippen LogP) is -0.185. The summed E-state index contributed by atoms with van der Waals surface area (Å²) in [6, 6.07) is 0.468. The minimum absolute atomic E-state index is 0.468. The summed E-state index contributed by atoms with van der Waals surface area (Å²) in [5.41, 5.74) is 6.69. The summed E-state index contributed by atoms with van der Waals surface area (Å²) in [6.07, 6.45) is 0. The van der Waals surface area contributed by atoms with Gasteiger partial charge in [0.1, 0.15) is 0 Å². The highest BCUT2D eigenvalue weighted by molar-refractivity contribution is 5.17. The van der Waals surface area contributed by atoms with E-state index in [-0.39, 0.29) is 0 Å². The van der Waals surface area contributed by atoms with Gasteiger partial charge in [0.05, 0.1) is 0 Å². The monoisotopic (exact) mass is 112 g/mol. The molecule has 1 atom stereocenters. The summed E-state index contributed by atoms with van der Waals surface area (Å²) in [4.78, 5) is 2.20. The number of nitrogens with zero attached hydrogens (tertiary/aromatic N) is 1. The maximum atomic E-state index is 5.41. The zero-order valence-corrected chi connectivity index (χ0v) is 5.22. The van der Waals surface area contributed by atoms with Crippen molar-refractivity contribution in [2.45, 2.75) is 6.04 Å². The van der Waals surface area contributed by atoms with E-state index in [1.807, 2.05) is 0 Å². The Hall–Kier alpha value is -0.340. The SMILES string of the molecule is C=C1CN(C)C1CN. The molecule has 1 saturated heterocycles. The van der Waals surface area contributed by atoms with E-state index in [1.54, 1.807) is 0 Å². The fraction of sp³-hybridized carbons (Fsp3) is 0.667.